The molecule has 2 unspecified atom stereocenters. The fourth-order valence-corrected chi connectivity index (χ4v) is 2.82. The average Bonchev–Trinajstić information content (AvgIpc) is 3.03. The van der Waals surface area contributed by atoms with Gasteiger partial charge in [-0.15, -0.1) is 0 Å². The molecule has 1 aromatic carbocycles. The van der Waals surface area contributed by atoms with Crippen LogP contribution in [0.5, 0.6) is 11.5 Å². The fraction of sp³-hybridized carbons (Fsp3) is 0.647. The van der Waals surface area contributed by atoms with Crippen LogP contribution in [0.2, 0.25) is 0 Å². The highest BCUT2D eigenvalue weighted by molar-refractivity contribution is 5.43. The van der Waals surface area contributed by atoms with Crippen molar-refractivity contribution in [1.82, 2.24) is 5.32 Å². The Balaban J connectivity index is 2.14. The van der Waals surface area contributed by atoms with E-state index in [4.69, 9.17) is 14.2 Å². The highest BCUT2D eigenvalue weighted by atomic mass is 16.5. The Morgan fingerprint density at radius 2 is 2.10 bits per heavy atom. The van der Waals surface area contributed by atoms with Crippen LogP contribution in [-0.4, -0.2) is 33.5 Å². The molecule has 1 aliphatic heterocycles. The van der Waals surface area contributed by atoms with Gasteiger partial charge in [-0.25, -0.2) is 0 Å². The lowest BCUT2D eigenvalue weighted by Gasteiger charge is -2.23. The van der Waals surface area contributed by atoms with Crippen LogP contribution in [0.15, 0.2) is 18.2 Å². The summed E-state index contributed by atoms with van der Waals surface area (Å²) in [6, 6.07) is 6.46. The number of ether oxygens (including phenoxy) is 3. The molecule has 1 fully saturated rings. The Morgan fingerprint density at radius 1 is 1.29 bits per heavy atom. The van der Waals surface area contributed by atoms with Gasteiger partial charge in [-0.3, -0.25) is 0 Å². The van der Waals surface area contributed by atoms with Gasteiger partial charge < -0.3 is 19.5 Å². The van der Waals surface area contributed by atoms with Crippen molar-refractivity contribution in [3.63, 3.8) is 0 Å². The lowest BCUT2D eigenvalue weighted by Crippen LogP contribution is -2.26. The van der Waals surface area contributed by atoms with Gasteiger partial charge in [0.05, 0.1) is 20.3 Å². The number of rotatable bonds is 8. The van der Waals surface area contributed by atoms with Crippen LogP contribution in [0, 0.1) is 0 Å². The van der Waals surface area contributed by atoms with Gasteiger partial charge in [0.15, 0.2) is 11.5 Å². The molecule has 0 aromatic heterocycles. The maximum Gasteiger partial charge on any atom is 0.161 e. The van der Waals surface area contributed by atoms with Gasteiger partial charge in [0.1, 0.15) is 0 Å². The second-order valence-corrected chi connectivity index (χ2v) is 5.49. The van der Waals surface area contributed by atoms with E-state index in [-0.39, 0.29) is 0 Å². The second kappa shape index (κ2) is 8.25. The summed E-state index contributed by atoms with van der Waals surface area (Å²) in [6.07, 6.45) is 4.84. The third-order valence-corrected chi connectivity index (χ3v) is 3.97. The highest BCUT2D eigenvalue weighted by Gasteiger charge is 2.22. The lowest BCUT2D eigenvalue weighted by atomic mass is 9.98. The number of benzene rings is 1. The summed E-state index contributed by atoms with van der Waals surface area (Å²) in [4.78, 5) is 0. The first-order valence-electron chi connectivity index (χ1n) is 7.85. The summed E-state index contributed by atoms with van der Waals surface area (Å²) < 4.78 is 16.5. The molecule has 4 nitrogen and oxygen atoms in total. The van der Waals surface area contributed by atoms with Crippen LogP contribution in [0.25, 0.3) is 0 Å². The van der Waals surface area contributed by atoms with Crippen molar-refractivity contribution >= 4 is 0 Å². The van der Waals surface area contributed by atoms with Gasteiger partial charge in [-0.2, -0.15) is 0 Å². The van der Waals surface area contributed by atoms with Crippen molar-refractivity contribution < 1.29 is 14.2 Å². The SMILES string of the molecule is CCCNC(CC1CCCO1)c1ccc(OC)c(OC)c1. The summed E-state index contributed by atoms with van der Waals surface area (Å²) in [5.41, 5.74) is 1.23. The molecule has 21 heavy (non-hydrogen) atoms. The number of methoxy groups -OCH3 is 2. The van der Waals surface area contributed by atoms with Gasteiger partial charge in [-0.05, 0) is 49.9 Å². The molecule has 1 saturated heterocycles. The third-order valence-electron chi connectivity index (χ3n) is 3.97. The first kappa shape index (κ1) is 16.1. The van der Waals surface area contributed by atoms with Gasteiger partial charge in [0.25, 0.3) is 0 Å². The summed E-state index contributed by atoms with van der Waals surface area (Å²) in [6.45, 7) is 4.09. The van der Waals surface area contributed by atoms with E-state index in [9.17, 15) is 0 Å². The smallest absolute Gasteiger partial charge is 0.161 e. The van der Waals surface area contributed by atoms with Crippen LogP contribution in [0.3, 0.4) is 0 Å². The molecule has 4 heteroatoms. The largest absolute Gasteiger partial charge is 0.493 e. The van der Waals surface area contributed by atoms with E-state index in [0.29, 0.717) is 12.1 Å². The van der Waals surface area contributed by atoms with Gasteiger partial charge in [0, 0.05) is 12.6 Å². The van der Waals surface area contributed by atoms with Crippen LogP contribution >= 0.6 is 0 Å². The van der Waals surface area contributed by atoms with Crippen molar-refractivity contribution in [2.24, 2.45) is 0 Å². The Kier molecular flexibility index (Phi) is 6.33. The zero-order chi connectivity index (χ0) is 15.1. The Hall–Kier alpha value is -1.26. The maximum atomic E-state index is 5.79. The fourth-order valence-electron chi connectivity index (χ4n) is 2.82. The number of hydrogen-bond donors (Lipinski definition) is 1. The molecule has 0 spiro atoms. The Bertz CT molecular complexity index is 430. The van der Waals surface area contributed by atoms with Gasteiger partial charge >= 0.3 is 0 Å². The van der Waals surface area contributed by atoms with E-state index in [1.807, 2.05) is 6.07 Å². The van der Waals surface area contributed by atoms with E-state index in [0.717, 1.165) is 43.9 Å². The molecule has 1 aromatic rings. The highest BCUT2D eigenvalue weighted by Crippen LogP contribution is 2.32. The summed E-state index contributed by atoms with van der Waals surface area (Å²) in [5.74, 6) is 1.55. The molecule has 1 N–H and O–H groups in total. The molecule has 0 amide bonds. The molecule has 0 aliphatic carbocycles. The van der Waals surface area contributed by atoms with E-state index < -0.39 is 0 Å². The average molecular weight is 293 g/mol. The van der Waals surface area contributed by atoms with Crippen molar-refractivity contribution in [3.05, 3.63) is 23.8 Å². The maximum absolute atomic E-state index is 5.79. The van der Waals surface area contributed by atoms with E-state index in [2.05, 4.69) is 24.4 Å². The van der Waals surface area contributed by atoms with E-state index in [1.54, 1.807) is 14.2 Å². The minimum atomic E-state index is 0.299. The topological polar surface area (TPSA) is 39.7 Å². The summed E-state index contributed by atoms with van der Waals surface area (Å²) >= 11 is 0. The predicted molar refractivity (Wildman–Crippen MR) is 84.2 cm³/mol. The third kappa shape index (κ3) is 4.35. The summed E-state index contributed by atoms with van der Waals surface area (Å²) in [7, 11) is 3.34. The molecule has 1 heterocycles. The molecular weight excluding hydrogens is 266 g/mol. The second-order valence-electron chi connectivity index (χ2n) is 5.49. The first-order chi connectivity index (χ1) is 10.3. The predicted octanol–water partition coefficient (Wildman–Crippen LogP) is 3.31. The van der Waals surface area contributed by atoms with E-state index >= 15 is 0 Å². The van der Waals surface area contributed by atoms with Crippen LogP contribution < -0.4 is 14.8 Å². The molecule has 2 rings (SSSR count). The van der Waals surface area contributed by atoms with Crippen molar-refractivity contribution in [2.45, 2.75) is 44.8 Å². The van der Waals surface area contributed by atoms with Crippen molar-refractivity contribution in [3.8, 4) is 11.5 Å². The van der Waals surface area contributed by atoms with Crippen molar-refractivity contribution in [2.75, 3.05) is 27.4 Å². The molecule has 0 radical (unpaired) electrons. The first-order valence-corrected chi connectivity index (χ1v) is 7.85. The number of nitrogens with one attached hydrogen (secondary N) is 1. The number of hydrogen-bond acceptors (Lipinski definition) is 4. The molecular formula is C17H27NO3. The monoisotopic (exact) mass is 293 g/mol. The quantitative estimate of drug-likeness (QED) is 0.798. The minimum absolute atomic E-state index is 0.299. The molecule has 0 saturated carbocycles. The molecule has 2 atom stereocenters. The Morgan fingerprint density at radius 3 is 2.71 bits per heavy atom. The van der Waals surface area contributed by atoms with Crippen LogP contribution in [0.1, 0.15) is 44.2 Å². The lowest BCUT2D eigenvalue weighted by molar-refractivity contribution is 0.0945. The van der Waals surface area contributed by atoms with Crippen LogP contribution in [-0.2, 0) is 4.74 Å². The zero-order valence-electron chi connectivity index (χ0n) is 13.4. The van der Waals surface area contributed by atoms with E-state index in [1.165, 1.54) is 12.0 Å². The van der Waals surface area contributed by atoms with Gasteiger partial charge in [-0.1, -0.05) is 13.0 Å². The molecule has 1 aliphatic rings. The van der Waals surface area contributed by atoms with Crippen LogP contribution in [0.4, 0.5) is 0 Å². The van der Waals surface area contributed by atoms with Gasteiger partial charge in [0.2, 0.25) is 0 Å². The standard InChI is InChI=1S/C17H27NO3/c1-4-9-18-15(12-14-6-5-10-21-14)13-7-8-16(19-2)17(11-13)20-3/h7-8,11,14-15,18H,4-6,9-10,12H2,1-3H3. The summed E-state index contributed by atoms with van der Waals surface area (Å²) in [5, 5.41) is 3.63. The Labute approximate surface area is 127 Å². The van der Waals surface area contributed by atoms with Crippen molar-refractivity contribution in [1.29, 1.82) is 0 Å². The molecule has 118 valence electrons. The molecule has 0 bridgehead atoms. The minimum Gasteiger partial charge on any atom is -0.493 e. The zero-order valence-corrected chi connectivity index (χ0v) is 13.4. The normalized spacial score (nSPS) is 19.5.